The molecule has 1 aliphatic heterocycles. The number of benzene rings is 9. The van der Waals surface area contributed by atoms with E-state index >= 15 is 0 Å². The molecule has 2 aliphatic rings. The molecule has 2 nitrogen and oxygen atoms in total. The van der Waals surface area contributed by atoms with Gasteiger partial charge >= 0.3 is 0 Å². The summed E-state index contributed by atoms with van der Waals surface area (Å²) in [7, 11) is 0. The molecule has 0 fully saturated rings. The van der Waals surface area contributed by atoms with Gasteiger partial charge in [-0.15, -0.1) is 0 Å². The van der Waals surface area contributed by atoms with E-state index in [-0.39, 0.29) is 0 Å². The van der Waals surface area contributed by atoms with Gasteiger partial charge in [-0.25, -0.2) is 0 Å². The van der Waals surface area contributed by atoms with Gasteiger partial charge in [0.25, 0.3) is 0 Å². The second-order valence-electron chi connectivity index (χ2n) is 16.0. The van der Waals surface area contributed by atoms with Crippen molar-refractivity contribution >= 4 is 27.8 Å². The Hall–Kier alpha value is -7.42. The van der Waals surface area contributed by atoms with Crippen molar-refractivity contribution in [3.05, 3.63) is 230 Å². The average Bonchev–Trinajstić information content (AvgIpc) is 3.71. The van der Waals surface area contributed by atoms with E-state index in [4.69, 9.17) is 4.74 Å². The fourth-order valence-corrected chi connectivity index (χ4v) is 9.20. The van der Waals surface area contributed by atoms with E-state index in [0.717, 1.165) is 41.4 Å². The lowest BCUT2D eigenvalue weighted by Crippen LogP contribution is -2.09. The second-order valence-corrected chi connectivity index (χ2v) is 16.0. The lowest BCUT2D eigenvalue weighted by Gasteiger charge is -2.26. The zero-order chi connectivity index (χ0) is 39.8. The largest absolute Gasteiger partial charge is 0.461 e. The molecule has 286 valence electrons. The first-order valence-electron chi connectivity index (χ1n) is 21.1. The van der Waals surface area contributed by atoms with Crippen LogP contribution in [0.4, 0.5) is 17.1 Å². The molecule has 1 heterocycles. The predicted octanol–water partition coefficient (Wildman–Crippen LogP) is 16.2. The molecule has 0 radical (unpaired) electrons. The third-order valence-electron chi connectivity index (χ3n) is 12.3. The van der Waals surface area contributed by atoms with Crippen LogP contribution in [0.1, 0.15) is 30.7 Å². The van der Waals surface area contributed by atoms with Crippen molar-refractivity contribution in [3.63, 3.8) is 0 Å². The van der Waals surface area contributed by atoms with Gasteiger partial charge in [-0.1, -0.05) is 152 Å². The van der Waals surface area contributed by atoms with Crippen LogP contribution in [0.3, 0.4) is 0 Å². The Kier molecular flexibility index (Phi) is 9.17. The van der Waals surface area contributed by atoms with Gasteiger partial charge in [0.2, 0.25) is 0 Å². The molecule has 0 amide bonds. The van der Waals surface area contributed by atoms with E-state index in [1.54, 1.807) is 0 Å². The van der Waals surface area contributed by atoms with E-state index in [0.29, 0.717) is 5.92 Å². The lowest BCUT2D eigenvalue weighted by atomic mass is 9.87. The zero-order valence-corrected chi connectivity index (χ0v) is 33.3. The molecule has 0 N–H and O–H groups in total. The molecule has 0 bridgehead atoms. The van der Waals surface area contributed by atoms with E-state index in [1.165, 1.54) is 78.4 Å². The summed E-state index contributed by atoms with van der Waals surface area (Å²) in [5.74, 6) is 2.55. The molecule has 0 spiro atoms. The Morgan fingerprint density at radius 3 is 1.53 bits per heavy atom. The Balaban J connectivity index is 0.929. The molecule has 1 aliphatic carbocycles. The number of hydrogen-bond donors (Lipinski definition) is 0. The van der Waals surface area contributed by atoms with Gasteiger partial charge in [0.05, 0.1) is 0 Å². The van der Waals surface area contributed by atoms with Crippen LogP contribution in [0.25, 0.3) is 66.4 Å². The monoisotopic (exact) mass is 769 g/mol. The summed E-state index contributed by atoms with van der Waals surface area (Å²) < 4.78 is 6.23. The Morgan fingerprint density at radius 1 is 0.400 bits per heavy atom. The number of allylic oxidation sites excluding steroid dienone is 2. The SMILES string of the molecule is C1=C2Oc3ccc(-c4cccc(-c5ccc(N(c6ccc(-c7cccc(-c8ccccc8)c7)cc6)c6ccc(-c7cccc8ccccc78)cc6)cc5)c4)cc3C2CCC1. The molecule has 1 unspecified atom stereocenters. The standard InChI is InChI=1S/C58H43NO/c1-2-11-40(12-3-1)45-15-8-16-46(37-45)41-23-30-50(31-24-41)59(52-34-27-44(28-35-52)54-21-10-14-43-13-4-5-19-53(43)54)51-32-25-42(26-33-51)47-17-9-18-48(38-47)49-29-36-58-56(39-49)55-20-6-7-22-57(55)60-58/h1-5,8-19,21-39,55H,6-7,20H2. The summed E-state index contributed by atoms with van der Waals surface area (Å²) in [6, 6.07) is 77.2. The highest BCUT2D eigenvalue weighted by atomic mass is 16.5. The number of hydrogen-bond acceptors (Lipinski definition) is 2. The van der Waals surface area contributed by atoms with Crippen LogP contribution in [-0.4, -0.2) is 0 Å². The van der Waals surface area contributed by atoms with Gasteiger partial charge < -0.3 is 9.64 Å². The van der Waals surface area contributed by atoms with Crippen LogP contribution in [0, 0.1) is 0 Å². The number of ether oxygens (including phenoxy) is 1. The van der Waals surface area contributed by atoms with Crippen LogP contribution < -0.4 is 9.64 Å². The summed E-state index contributed by atoms with van der Waals surface area (Å²) in [4.78, 5) is 2.36. The first-order chi connectivity index (χ1) is 29.7. The van der Waals surface area contributed by atoms with E-state index in [9.17, 15) is 0 Å². The summed E-state index contributed by atoms with van der Waals surface area (Å²) in [6.45, 7) is 0. The van der Waals surface area contributed by atoms with Gasteiger partial charge in [0.1, 0.15) is 11.5 Å². The topological polar surface area (TPSA) is 12.5 Å². The van der Waals surface area contributed by atoms with Crippen molar-refractivity contribution in [2.24, 2.45) is 0 Å². The van der Waals surface area contributed by atoms with Crippen molar-refractivity contribution in [1.82, 2.24) is 0 Å². The zero-order valence-electron chi connectivity index (χ0n) is 33.3. The van der Waals surface area contributed by atoms with Crippen molar-refractivity contribution in [2.75, 3.05) is 4.90 Å². The van der Waals surface area contributed by atoms with Crippen molar-refractivity contribution in [1.29, 1.82) is 0 Å². The molecule has 1 atom stereocenters. The third kappa shape index (κ3) is 6.76. The highest BCUT2D eigenvalue weighted by Crippen LogP contribution is 2.47. The maximum atomic E-state index is 6.23. The minimum Gasteiger partial charge on any atom is -0.461 e. The lowest BCUT2D eigenvalue weighted by molar-refractivity contribution is 0.403. The minimum absolute atomic E-state index is 0.392. The number of anilines is 3. The first-order valence-corrected chi connectivity index (χ1v) is 21.1. The number of fused-ring (bicyclic) bond motifs is 4. The third-order valence-corrected chi connectivity index (χ3v) is 12.3. The smallest absolute Gasteiger partial charge is 0.130 e. The molecule has 0 saturated carbocycles. The van der Waals surface area contributed by atoms with Gasteiger partial charge in [0.15, 0.2) is 0 Å². The van der Waals surface area contributed by atoms with Crippen molar-refractivity contribution in [3.8, 4) is 61.4 Å². The molecule has 0 saturated heterocycles. The Bertz CT molecular complexity index is 3010. The maximum absolute atomic E-state index is 6.23. The predicted molar refractivity (Wildman–Crippen MR) is 251 cm³/mol. The fourth-order valence-electron chi connectivity index (χ4n) is 9.20. The summed E-state index contributed by atoms with van der Waals surface area (Å²) in [6.07, 6.45) is 5.77. The van der Waals surface area contributed by atoms with E-state index in [1.807, 2.05) is 0 Å². The van der Waals surface area contributed by atoms with Gasteiger partial charge in [0, 0.05) is 28.5 Å². The number of nitrogens with zero attached hydrogens (tertiary/aromatic N) is 1. The summed E-state index contributed by atoms with van der Waals surface area (Å²) >= 11 is 0. The number of rotatable bonds is 8. The Morgan fingerprint density at radius 2 is 0.883 bits per heavy atom. The molecule has 2 heteroatoms. The summed E-state index contributed by atoms with van der Waals surface area (Å²) in [5.41, 5.74) is 16.7. The molecule has 9 aromatic rings. The van der Waals surface area contributed by atoms with Crippen LogP contribution >= 0.6 is 0 Å². The fraction of sp³-hybridized carbons (Fsp3) is 0.0690. The molecule has 9 aromatic carbocycles. The quantitative estimate of drug-likeness (QED) is 0.153. The van der Waals surface area contributed by atoms with Crippen LogP contribution in [-0.2, 0) is 0 Å². The Labute approximate surface area is 352 Å². The van der Waals surface area contributed by atoms with Gasteiger partial charge in [-0.2, -0.15) is 0 Å². The molecule has 0 aromatic heterocycles. The van der Waals surface area contributed by atoms with Crippen LogP contribution in [0.2, 0.25) is 0 Å². The average molecular weight is 770 g/mol. The van der Waals surface area contributed by atoms with E-state index < -0.39 is 0 Å². The summed E-state index contributed by atoms with van der Waals surface area (Å²) in [5, 5.41) is 2.51. The van der Waals surface area contributed by atoms with Crippen LogP contribution in [0.15, 0.2) is 224 Å². The second kappa shape index (κ2) is 15.4. The van der Waals surface area contributed by atoms with Gasteiger partial charge in [-0.05, 0) is 152 Å². The van der Waals surface area contributed by atoms with Gasteiger partial charge in [-0.3, -0.25) is 0 Å². The normalized spacial score (nSPS) is 14.2. The molecular formula is C58H43NO. The van der Waals surface area contributed by atoms with Crippen molar-refractivity contribution < 1.29 is 4.74 Å². The van der Waals surface area contributed by atoms with Crippen molar-refractivity contribution in [2.45, 2.75) is 25.2 Å². The molecule has 11 rings (SSSR count). The van der Waals surface area contributed by atoms with E-state index in [2.05, 4.69) is 223 Å². The minimum atomic E-state index is 0.392. The highest BCUT2D eigenvalue weighted by Gasteiger charge is 2.31. The molecule has 60 heavy (non-hydrogen) atoms. The van der Waals surface area contributed by atoms with Crippen LogP contribution in [0.5, 0.6) is 5.75 Å². The molecular weight excluding hydrogens is 727 g/mol. The first kappa shape index (κ1) is 35.7. The maximum Gasteiger partial charge on any atom is 0.130 e. The highest BCUT2D eigenvalue weighted by molar-refractivity contribution is 5.97.